The van der Waals surface area contributed by atoms with Gasteiger partial charge in [0.05, 0.1) is 27.1 Å². The molecule has 14 heteroatoms. The van der Waals surface area contributed by atoms with Crippen LogP contribution in [0.25, 0.3) is 0 Å². The summed E-state index contributed by atoms with van der Waals surface area (Å²) in [7, 11) is -3.83. The van der Waals surface area contributed by atoms with Crippen molar-refractivity contribution in [2.24, 2.45) is 5.41 Å². The maximum absolute atomic E-state index is 14.4. The number of aliphatic carboxylic acids is 1. The van der Waals surface area contributed by atoms with Gasteiger partial charge in [0, 0.05) is 35.9 Å². The summed E-state index contributed by atoms with van der Waals surface area (Å²) in [4.78, 5) is 47.2. The minimum Gasteiger partial charge on any atom is -0.508 e. The number of nitrogens with zero attached hydrogens (tertiary/aromatic N) is 1. The molecule has 0 fully saturated rings. The first kappa shape index (κ1) is 40.9. The van der Waals surface area contributed by atoms with Crippen LogP contribution in [0.5, 0.6) is 11.5 Å². The molecule has 11 nitrogen and oxygen atoms in total. The Balaban J connectivity index is 1.68. The molecule has 2 amide bonds. The summed E-state index contributed by atoms with van der Waals surface area (Å²) in [5.74, 6) is -3.49. The zero-order valence-electron chi connectivity index (χ0n) is 30.1. The van der Waals surface area contributed by atoms with Crippen molar-refractivity contribution >= 4 is 62.5 Å². The van der Waals surface area contributed by atoms with E-state index < -0.39 is 51.4 Å². The van der Waals surface area contributed by atoms with Crippen LogP contribution in [0.3, 0.4) is 0 Å². The van der Waals surface area contributed by atoms with Crippen molar-refractivity contribution in [2.75, 3.05) is 35.5 Å². The largest absolute Gasteiger partial charge is 0.508 e. The number of amides is 2. The second-order valence-corrected chi connectivity index (χ2v) is 16.9. The third-order valence-corrected chi connectivity index (χ3v) is 12.7. The molecule has 3 aromatic carbocycles. The smallest absolute Gasteiger partial charge is 0.327 e. The van der Waals surface area contributed by atoms with Crippen LogP contribution in [0.1, 0.15) is 70.3 Å². The number of carboxylic acids is 1. The van der Waals surface area contributed by atoms with Gasteiger partial charge < -0.3 is 25.3 Å². The van der Waals surface area contributed by atoms with Gasteiger partial charge in [0.2, 0.25) is 5.91 Å². The van der Waals surface area contributed by atoms with Crippen molar-refractivity contribution in [1.29, 1.82) is 0 Å². The van der Waals surface area contributed by atoms with Gasteiger partial charge in [-0.1, -0.05) is 69.9 Å². The van der Waals surface area contributed by atoms with Gasteiger partial charge in [-0.2, -0.15) is 17.2 Å². The number of unbranched alkanes of at least 4 members (excludes halogenated alkanes) is 2. The molecule has 0 aliphatic carbocycles. The highest BCUT2D eigenvalue weighted by Crippen LogP contribution is 2.47. The van der Waals surface area contributed by atoms with Crippen molar-refractivity contribution in [3.8, 4) is 11.5 Å². The van der Waals surface area contributed by atoms with Crippen molar-refractivity contribution in [3.63, 3.8) is 0 Å². The standard InChI is InChI=1S/C38H49N3O8S3/c1-5-7-18-38(19-8-6-2)24-41(27-12-10-9-11-13-27)31-21-33(51-4)32(22-34(31)52(47,48)25-38)49-40-35(43)20-29(26-14-16-28(42)17-15-26)36(44)39-30(23-50-3)37(45)46/h9-17,21-22,29-30,42H,5-8,18-20,23-25H2,1-4H3,(H,39,44)(H,40,43)(H,45,46). The van der Waals surface area contributed by atoms with Gasteiger partial charge in [-0.05, 0) is 61.2 Å². The molecular formula is C38H49N3O8S3. The average Bonchev–Trinajstić information content (AvgIpc) is 3.22. The Hall–Kier alpha value is -3.88. The average molecular weight is 772 g/mol. The van der Waals surface area contributed by atoms with E-state index in [9.17, 15) is 33.0 Å². The fourth-order valence-electron chi connectivity index (χ4n) is 6.57. The Bertz CT molecular complexity index is 1780. The number of hydroxylamine groups is 1. The fraction of sp³-hybridized carbons (Fsp3) is 0.447. The lowest BCUT2D eigenvalue weighted by atomic mass is 9.79. The second kappa shape index (κ2) is 18.7. The van der Waals surface area contributed by atoms with Crippen molar-refractivity contribution in [3.05, 3.63) is 72.3 Å². The molecule has 1 aliphatic rings. The minimum absolute atomic E-state index is 0.0158. The van der Waals surface area contributed by atoms with Crippen LogP contribution in [0, 0.1) is 5.41 Å². The predicted molar refractivity (Wildman–Crippen MR) is 207 cm³/mol. The van der Waals surface area contributed by atoms with E-state index >= 15 is 0 Å². The Morgan fingerprint density at radius 1 is 0.981 bits per heavy atom. The van der Waals surface area contributed by atoms with E-state index in [-0.39, 0.29) is 27.9 Å². The number of carboxylic acid groups (broad SMARTS) is 1. The van der Waals surface area contributed by atoms with Crippen LogP contribution in [0.15, 0.2) is 76.5 Å². The summed E-state index contributed by atoms with van der Waals surface area (Å²) in [6.07, 6.45) is 8.40. The maximum Gasteiger partial charge on any atom is 0.327 e. The van der Waals surface area contributed by atoms with E-state index in [4.69, 9.17) is 4.84 Å². The van der Waals surface area contributed by atoms with E-state index in [1.54, 1.807) is 12.3 Å². The lowest BCUT2D eigenvalue weighted by molar-refractivity contribution is -0.141. The third-order valence-electron chi connectivity index (χ3n) is 9.27. The summed E-state index contributed by atoms with van der Waals surface area (Å²) in [5, 5.41) is 21.9. The van der Waals surface area contributed by atoms with E-state index in [1.807, 2.05) is 36.6 Å². The number of rotatable bonds is 18. The first-order valence-corrected chi connectivity index (χ1v) is 21.7. The molecule has 0 bridgehead atoms. The number of thioether (sulfide) groups is 2. The topological polar surface area (TPSA) is 162 Å². The highest BCUT2D eigenvalue weighted by atomic mass is 32.2. The summed E-state index contributed by atoms with van der Waals surface area (Å²) in [6.45, 7) is 4.76. The van der Waals surface area contributed by atoms with Gasteiger partial charge in [0.1, 0.15) is 11.8 Å². The van der Waals surface area contributed by atoms with Gasteiger partial charge in [-0.15, -0.1) is 11.8 Å². The second-order valence-electron chi connectivity index (χ2n) is 13.2. The number of phenolic OH excluding ortho intramolecular Hbond substituents is 1. The van der Waals surface area contributed by atoms with E-state index in [0.29, 0.717) is 22.7 Å². The first-order chi connectivity index (χ1) is 24.9. The van der Waals surface area contributed by atoms with Crippen LogP contribution >= 0.6 is 23.5 Å². The number of benzene rings is 3. The molecule has 3 aromatic rings. The van der Waals surface area contributed by atoms with E-state index in [0.717, 1.165) is 44.2 Å². The fourth-order valence-corrected chi connectivity index (χ4v) is 9.77. The maximum atomic E-state index is 14.4. The predicted octanol–water partition coefficient (Wildman–Crippen LogP) is 6.92. The Morgan fingerprint density at radius 2 is 1.63 bits per heavy atom. The summed E-state index contributed by atoms with van der Waals surface area (Å²) >= 11 is 2.59. The first-order valence-electron chi connectivity index (χ1n) is 17.4. The number of phenols is 1. The van der Waals surface area contributed by atoms with Crippen LogP contribution in [0.2, 0.25) is 0 Å². The number of aromatic hydroxyl groups is 1. The Morgan fingerprint density at radius 3 is 2.21 bits per heavy atom. The molecule has 0 radical (unpaired) electrons. The van der Waals surface area contributed by atoms with E-state index in [1.165, 1.54) is 53.9 Å². The number of sulfone groups is 1. The van der Waals surface area contributed by atoms with Crippen molar-refractivity contribution < 1.29 is 37.9 Å². The molecule has 0 saturated carbocycles. The van der Waals surface area contributed by atoms with Crippen LogP contribution in [0.4, 0.5) is 11.4 Å². The molecule has 2 atom stereocenters. The number of nitrogens with one attached hydrogen (secondary N) is 2. The lowest BCUT2D eigenvalue weighted by Crippen LogP contribution is -2.45. The highest BCUT2D eigenvalue weighted by Gasteiger charge is 2.42. The number of fused-ring (bicyclic) bond motifs is 1. The zero-order valence-corrected chi connectivity index (χ0v) is 32.5. The number of anilines is 2. The van der Waals surface area contributed by atoms with Gasteiger partial charge in [-0.3, -0.25) is 9.59 Å². The van der Waals surface area contributed by atoms with Gasteiger partial charge in [-0.25, -0.2) is 13.2 Å². The van der Waals surface area contributed by atoms with Crippen LogP contribution in [-0.4, -0.2) is 73.0 Å². The molecule has 0 aromatic heterocycles. The Kier molecular flexibility index (Phi) is 14.7. The minimum atomic E-state index is -3.83. The zero-order chi connectivity index (χ0) is 37.9. The number of hydrogen-bond donors (Lipinski definition) is 4. The third kappa shape index (κ3) is 10.4. The van der Waals surface area contributed by atoms with Gasteiger partial charge in [0.15, 0.2) is 15.6 Å². The molecule has 0 saturated heterocycles. The highest BCUT2D eigenvalue weighted by molar-refractivity contribution is 7.99. The molecule has 1 aliphatic heterocycles. The van der Waals surface area contributed by atoms with Crippen LogP contribution < -0.4 is 20.5 Å². The van der Waals surface area contributed by atoms with Crippen molar-refractivity contribution in [1.82, 2.24) is 10.8 Å². The molecule has 282 valence electrons. The number of carbonyl (C=O) groups is 3. The molecule has 52 heavy (non-hydrogen) atoms. The molecule has 0 spiro atoms. The van der Waals surface area contributed by atoms with E-state index in [2.05, 4.69) is 29.5 Å². The van der Waals surface area contributed by atoms with Gasteiger partial charge in [0.25, 0.3) is 5.91 Å². The number of carbonyl (C=O) groups excluding carboxylic acids is 2. The van der Waals surface area contributed by atoms with Crippen molar-refractivity contribution in [2.45, 2.75) is 80.5 Å². The molecule has 4 N–H and O–H groups in total. The monoisotopic (exact) mass is 771 g/mol. The van der Waals surface area contributed by atoms with Gasteiger partial charge >= 0.3 is 5.97 Å². The summed E-state index contributed by atoms with van der Waals surface area (Å²) in [5.41, 5.74) is 3.73. The molecule has 1 heterocycles. The van der Waals surface area contributed by atoms with Crippen LogP contribution in [-0.2, 0) is 24.2 Å². The lowest BCUT2D eigenvalue weighted by Gasteiger charge is -2.37. The number of para-hydroxylation sites is 1. The Labute approximate surface area is 315 Å². The summed E-state index contributed by atoms with van der Waals surface area (Å²) < 4.78 is 28.8. The summed E-state index contributed by atoms with van der Waals surface area (Å²) in [6, 6.07) is 17.6. The normalized spacial score (nSPS) is 15.8. The molecular weight excluding hydrogens is 723 g/mol. The quantitative estimate of drug-likeness (QED) is 0.0785. The SMILES string of the molecule is CCCCC1(CCCC)CN(c2ccccc2)c2cc(SC)c(ONC(=O)CC(C(=O)NC(CSC)C(=O)O)c3ccc(O)cc3)cc2S(=O)(=O)C1. The number of hydrogen-bond acceptors (Lipinski definition) is 10. The molecule has 4 rings (SSSR count). The molecule has 2 unspecified atom stereocenters.